The minimum atomic E-state index is -0.614. The lowest BCUT2D eigenvalue weighted by Gasteiger charge is -2.35. The Bertz CT molecular complexity index is 1420. The number of anilines is 2. The second kappa shape index (κ2) is 15.0. The van der Waals surface area contributed by atoms with Crippen LogP contribution in [0, 0.1) is 5.82 Å². The molecule has 0 bridgehead atoms. The average Bonchev–Trinajstić information content (AvgIpc) is 3.46. The normalized spacial score (nSPS) is 14.0. The summed E-state index contributed by atoms with van der Waals surface area (Å²) in [5.41, 5.74) is 6.46. The smallest absolute Gasteiger partial charge is 0.305 e. The molecule has 4 rings (SSSR count). The second-order valence-corrected chi connectivity index (χ2v) is 9.73. The van der Waals surface area contributed by atoms with Crippen molar-refractivity contribution in [3.63, 3.8) is 0 Å². The Morgan fingerprint density at radius 1 is 1.12 bits per heavy atom. The molecule has 13 heteroatoms. The molecule has 224 valence electrons. The van der Waals surface area contributed by atoms with E-state index in [1.54, 1.807) is 25.3 Å². The van der Waals surface area contributed by atoms with Crippen molar-refractivity contribution in [2.24, 2.45) is 5.73 Å². The lowest BCUT2D eigenvalue weighted by atomic mass is 10.0. The summed E-state index contributed by atoms with van der Waals surface area (Å²) in [4.78, 5) is 52.8. The number of aromatic amines is 1. The highest BCUT2D eigenvalue weighted by Gasteiger charge is 2.23. The fraction of sp³-hybridized carbons (Fsp3) is 0.414. The molecule has 0 unspecified atom stereocenters. The molecule has 0 aromatic carbocycles. The number of hydrogen-bond donors (Lipinski definition) is 3. The third-order valence-electron chi connectivity index (χ3n) is 6.89. The minimum Gasteiger partial charge on any atom is -0.466 e. The zero-order chi connectivity index (χ0) is 29.9. The van der Waals surface area contributed by atoms with Crippen molar-refractivity contribution in [1.82, 2.24) is 19.9 Å². The number of H-pyrrole nitrogens is 1. The number of pyridine rings is 2. The lowest BCUT2D eigenvalue weighted by molar-refractivity contribution is -0.143. The van der Waals surface area contributed by atoms with Gasteiger partial charge in [-0.25, -0.2) is 14.4 Å². The molecule has 0 radical (unpaired) electrons. The molecule has 3 aromatic rings. The molecule has 12 nitrogen and oxygen atoms in total. The molecule has 0 saturated carbocycles. The van der Waals surface area contributed by atoms with Crippen LogP contribution in [-0.4, -0.2) is 83.5 Å². The van der Waals surface area contributed by atoms with Gasteiger partial charge >= 0.3 is 5.97 Å². The van der Waals surface area contributed by atoms with Gasteiger partial charge in [0.1, 0.15) is 12.4 Å². The number of nitrogens with zero attached hydrogens (tertiary/aromatic N) is 4. The van der Waals surface area contributed by atoms with Crippen LogP contribution in [0.15, 0.2) is 43.1 Å². The van der Waals surface area contributed by atoms with E-state index in [0.717, 1.165) is 6.20 Å². The quantitative estimate of drug-likeness (QED) is 0.138. The van der Waals surface area contributed by atoms with Gasteiger partial charge in [0.15, 0.2) is 23.2 Å². The lowest BCUT2D eigenvalue weighted by Crippen LogP contribution is -2.47. The van der Waals surface area contributed by atoms with Gasteiger partial charge in [-0.3, -0.25) is 19.3 Å². The molecule has 1 aliphatic rings. The highest BCUT2D eigenvalue weighted by Crippen LogP contribution is 2.27. The standard InChI is InChI=1S/C29H36FN7O5/c1-2-42-25(40)8-4-3-7-23(38)20-6-5-10-33-29(20)37-14-12-36(13-15-37)19-41-18-24(39)21-16-34-27-26(21)22(30)17-35-28(27)32-11-9-31/h5-6,9-11,16-17,34H,2-4,7-8,12-15,18-19,31H2,1H3,(H,32,35)/b11-9-. The van der Waals surface area contributed by atoms with Crippen LogP contribution in [0.5, 0.6) is 0 Å². The van der Waals surface area contributed by atoms with E-state index >= 15 is 0 Å². The van der Waals surface area contributed by atoms with Gasteiger partial charge < -0.3 is 30.4 Å². The molecule has 1 aliphatic heterocycles. The van der Waals surface area contributed by atoms with Crippen LogP contribution >= 0.6 is 0 Å². The number of aromatic nitrogens is 3. The van der Waals surface area contributed by atoms with Crippen molar-refractivity contribution >= 4 is 40.1 Å². The summed E-state index contributed by atoms with van der Waals surface area (Å²) in [6, 6.07) is 3.54. The summed E-state index contributed by atoms with van der Waals surface area (Å²) in [7, 11) is 0. The number of carbonyl (C=O) groups is 3. The van der Waals surface area contributed by atoms with Crippen molar-refractivity contribution in [2.75, 3.05) is 56.3 Å². The van der Waals surface area contributed by atoms with E-state index in [0.29, 0.717) is 81.2 Å². The van der Waals surface area contributed by atoms with E-state index in [9.17, 15) is 18.8 Å². The van der Waals surface area contributed by atoms with E-state index < -0.39 is 5.82 Å². The number of halogens is 1. The number of Topliss-reactive ketones (excluding diaryl/α,β-unsaturated/α-hetero) is 2. The SMILES string of the molecule is CCOC(=O)CCCCC(=O)c1cccnc1N1CCN(COCC(=O)c2c[nH]c3c(N/C=C\N)ncc(F)c23)CC1. The Kier molecular flexibility index (Phi) is 11.0. The Morgan fingerprint density at radius 3 is 2.67 bits per heavy atom. The van der Waals surface area contributed by atoms with Gasteiger partial charge in [0.25, 0.3) is 0 Å². The number of nitrogens with one attached hydrogen (secondary N) is 2. The van der Waals surface area contributed by atoms with Crippen LogP contribution in [-0.2, 0) is 14.3 Å². The van der Waals surface area contributed by atoms with Gasteiger partial charge in [-0.1, -0.05) is 0 Å². The highest BCUT2D eigenvalue weighted by atomic mass is 19.1. The van der Waals surface area contributed by atoms with E-state index in [4.69, 9.17) is 15.2 Å². The van der Waals surface area contributed by atoms with Crippen LogP contribution in [0.25, 0.3) is 10.9 Å². The molecule has 4 N–H and O–H groups in total. The summed E-state index contributed by atoms with van der Waals surface area (Å²) in [6.45, 7) is 4.69. The first-order chi connectivity index (χ1) is 20.4. The Morgan fingerprint density at radius 2 is 1.90 bits per heavy atom. The fourth-order valence-electron chi connectivity index (χ4n) is 4.79. The Labute approximate surface area is 243 Å². The van der Waals surface area contributed by atoms with Gasteiger partial charge in [0.05, 0.1) is 36.0 Å². The monoisotopic (exact) mass is 581 g/mol. The second-order valence-electron chi connectivity index (χ2n) is 9.73. The first kappa shape index (κ1) is 30.6. The number of unbranched alkanes of at least 4 members (excludes halogenated alkanes) is 1. The molecular formula is C29H36FN7O5. The summed E-state index contributed by atoms with van der Waals surface area (Å²) < 4.78 is 25.2. The Balaban J connectivity index is 1.25. The molecule has 0 spiro atoms. The topological polar surface area (TPSA) is 156 Å². The maximum absolute atomic E-state index is 14.5. The number of ketones is 2. The van der Waals surface area contributed by atoms with Crippen LogP contribution < -0.4 is 16.0 Å². The Hall–Kier alpha value is -4.36. The molecule has 0 atom stereocenters. The molecule has 0 aliphatic carbocycles. The summed E-state index contributed by atoms with van der Waals surface area (Å²) in [5.74, 6) is -0.227. The number of rotatable bonds is 15. The zero-order valence-electron chi connectivity index (χ0n) is 23.6. The van der Waals surface area contributed by atoms with Crippen LogP contribution in [0.2, 0.25) is 0 Å². The van der Waals surface area contributed by atoms with Crippen molar-refractivity contribution < 1.29 is 28.2 Å². The van der Waals surface area contributed by atoms with Gasteiger partial charge in [0, 0.05) is 69.4 Å². The summed E-state index contributed by atoms with van der Waals surface area (Å²) >= 11 is 0. The first-order valence-electron chi connectivity index (χ1n) is 13.9. The summed E-state index contributed by atoms with van der Waals surface area (Å²) in [5, 5.41) is 2.98. The van der Waals surface area contributed by atoms with Gasteiger partial charge in [-0.05, 0) is 31.9 Å². The van der Waals surface area contributed by atoms with Crippen molar-refractivity contribution in [2.45, 2.75) is 32.6 Å². The molecule has 1 saturated heterocycles. The fourth-order valence-corrected chi connectivity index (χ4v) is 4.79. The van der Waals surface area contributed by atoms with Crippen molar-refractivity contribution in [3.05, 3.63) is 60.1 Å². The number of esters is 1. The number of hydrogen-bond acceptors (Lipinski definition) is 11. The average molecular weight is 582 g/mol. The maximum atomic E-state index is 14.5. The number of ether oxygens (including phenoxy) is 2. The number of carbonyl (C=O) groups excluding carboxylic acids is 3. The summed E-state index contributed by atoms with van der Waals surface area (Å²) in [6.07, 6.45) is 8.74. The van der Waals surface area contributed by atoms with Crippen LogP contribution in [0.4, 0.5) is 16.0 Å². The highest BCUT2D eigenvalue weighted by molar-refractivity contribution is 6.10. The van der Waals surface area contributed by atoms with E-state index in [-0.39, 0.29) is 41.8 Å². The van der Waals surface area contributed by atoms with Crippen molar-refractivity contribution in [3.8, 4) is 0 Å². The predicted molar refractivity (Wildman–Crippen MR) is 156 cm³/mol. The van der Waals surface area contributed by atoms with E-state index in [2.05, 4.69) is 30.1 Å². The predicted octanol–water partition coefficient (Wildman–Crippen LogP) is 3.22. The molecule has 3 aromatic heterocycles. The van der Waals surface area contributed by atoms with E-state index in [1.165, 1.54) is 18.6 Å². The van der Waals surface area contributed by atoms with Crippen molar-refractivity contribution in [1.29, 1.82) is 0 Å². The molecule has 0 amide bonds. The maximum Gasteiger partial charge on any atom is 0.305 e. The van der Waals surface area contributed by atoms with Gasteiger partial charge in [-0.2, -0.15) is 0 Å². The number of nitrogens with two attached hydrogens (primary N) is 1. The first-order valence-corrected chi connectivity index (χ1v) is 13.9. The minimum absolute atomic E-state index is 0.00511. The van der Waals surface area contributed by atoms with Crippen LogP contribution in [0.1, 0.15) is 53.3 Å². The van der Waals surface area contributed by atoms with Gasteiger partial charge in [-0.15, -0.1) is 0 Å². The van der Waals surface area contributed by atoms with Gasteiger partial charge in [0.2, 0.25) is 0 Å². The third-order valence-corrected chi connectivity index (χ3v) is 6.89. The number of fused-ring (bicyclic) bond motifs is 1. The molecule has 1 fully saturated rings. The van der Waals surface area contributed by atoms with Crippen LogP contribution in [0.3, 0.4) is 0 Å². The van der Waals surface area contributed by atoms with E-state index in [1.807, 2.05) is 0 Å². The number of piperazine rings is 1. The third kappa shape index (κ3) is 7.68. The molecule has 4 heterocycles. The zero-order valence-corrected chi connectivity index (χ0v) is 23.6. The largest absolute Gasteiger partial charge is 0.466 e. The molecular weight excluding hydrogens is 545 g/mol. The molecule has 42 heavy (non-hydrogen) atoms.